The Bertz CT molecular complexity index is 311. The van der Waals surface area contributed by atoms with Gasteiger partial charge in [-0.3, -0.25) is 9.59 Å². The molecule has 8 N–H and O–H groups in total. The summed E-state index contributed by atoms with van der Waals surface area (Å²) in [5.74, 6) is -5.02. The van der Waals surface area contributed by atoms with E-state index in [1.807, 2.05) is 0 Å². The third-order valence-corrected chi connectivity index (χ3v) is 1.29. The van der Waals surface area contributed by atoms with Crippen molar-refractivity contribution in [3.05, 3.63) is 0 Å². The maximum absolute atomic E-state index is 10.3. The number of aliphatic hydroxyl groups is 1. The van der Waals surface area contributed by atoms with Crippen LogP contribution in [0.25, 0.3) is 0 Å². The molecule has 0 fully saturated rings. The normalized spacial score (nSPS) is 9.17. The van der Waals surface area contributed by atoms with Gasteiger partial charge in [0.15, 0.2) is 5.60 Å². The van der Waals surface area contributed by atoms with Gasteiger partial charge in [-0.25, -0.2) is 9.59 Å². The van der Waals surface area contributed by atoms with E-state index in [0.29, 0.717) is 0 Å². The molecule has 2 amide bonds. The molecule has 0 bridgehead atoms. The minimum absolute atomic E-state index is 0. The van der Waals surface area contributed by atoms with E-state index in [-0.39, 0.29) is 29.6 Å². The van der Waals surface area contributed by atoms with E-state index in [0.717, 1.165) is 0 Å². The second-order valence-corrected chi connectivity index (χ2v) is 2.88. The molecule has 10 nitrogen and oxygen atoms in total. The molecule has 0 unspecified atom stereocenters. The second-order valence-electron chi connectivity index (χ2n) is 2.88. The van der Waals surface area contributed by atoms with Gasteiger partial charge in [0, 0.05) is 0 Å². The zero-order valence-electron chi connectivity index (χ0n) is 8.49. The van der Waals surface area contributed by atoms with Crippen LogP contribution in [0.4, 0.5) is 4.79 Å². The molecule has 0 saturated carbocycles. The molecular weight excluding hydrogens is 263 g/mol. The number of hydrogen-bond acceptors (Lipinski definition) is 5. The monoisotopic (exact) mass is 276 g/mol. The SMILES string of the molecule is NC(N)=O.O=C(O)CC(O)(CC(=O)O)C(=O)O.[NaH]. The molecule has 0 atom stereocenters. The fourth-order valence-electron chi connectivity index (χ4n) is 0.714. The molecule has 100 valence electrons. The van der Waals surface area contributed by atoms with Crippen molar-refractivity contribution < 1.29 is 39.6 Å². The van der Waals surface area contributed by atoms with E-state index in [1.165, 1.54) is 0 Å². The minimum atomic E-state index is -2.74. The van der Waals surface area contributed by atoms with Crippen molar-refractivity contribution in [2.24, 2.45) is 11.5 Å². The van der Waals surface area contributed by atoms with Gasteiger partial charge in [0.05, 0.1) is 12.8 Å². The van der Waals surface area contributed by atoms with E-state index in [4.69, 9.17) is 25.2 Å². The van der Waals surface area contributed by atoms with Gasteiger partial charge in [0.2, 0.25) is 0 Å². The Morgan fingerprint density at radius 3 is 1.22 bits per heavy atom. The molecule has 0 radical (unpaired) electrons. The zero-order chi connectivity index (χ0) is 14.2. The summed E-state index contributed by atoms with van der Waals surface area (Å²) >= 11 is 0. The van der Waals surface area contributed by atoms with E-state index in [2.05, 4.69) is 11.5 Å². The van der Waals surface area contributed by atoms with Crippen LogP contribution in [0.2, 0.25) is 0 Å². The summed E-state index contributed by atoms with van der Waals surface area (Å²) in [6, 6.07) is -0.833. The van der Waals surface area contributed by atoms with Crippen LogP contribution in [-0.4, -0.2) is 79.5 Å². The molecule has 0 heterocycles. The number of nitrogens with two attached hydrogens (primary N) is 2. The third-order valence-electron chi connectivity index (χ3n) is 1.29. The number of primary amides is 2. The van der Waals surface area contributed by atoms with Gasteiger partial charge in [0.25, 0.3) is 0 Å². The van der Waals surface area contributed by atoms with Crippen molar-refractivity contribution >= 4 is 53.5 Å². The van der Waals surface area contributed by atoms with Crippen LogP contribution in [0, 0.1) is 0 Å². The number of aliphatic carboxylic acids is 3. The number of carboxylic acid groups (broad SMARTS) is 3. The number of carbonyl (C=O) groups excluding carboxylic acids is 1. The van der Waals surface area contributed by atoms with E-state index in [9.17, 15) is 14.4 Å². The number of carboxylic acids is 3. The first kappa shape index (κ1) is 21.9. The number of urea groups is 1. The van der Waals surface area contributed by atoms with Crippen LogP contribution in [0.15, 0.2) is 0 Å². The molecule has 0 aromatic carbocycles. The van der Waals surface area contributed by atoms with Gasteiger partial charge < -0.3 is 31.9 Å². The zero-order valence-corrected chi connectivity index (χ0v) is 8.49. The molecule has 0 spiro atoms. The predicted octanol–water partition coefficient (Wildman–Crippen LogP) is -2.87. The van der Waals surface area contributed by atoms with E-state index in [1.54, 1.807) is 0 Å². The van der Waals surface area contributed by atoms with E-state index < -0.39 is 42.4 Å². The number of amides is 2. The second kappa shape index (κ2) is 9.65. The number of hydrogen-bond donors (Lipinski definition) is 6. The summed E-state index contributed by atoms with van der Waals surface area (Å²) in [6.45, 7) is 0. The van der Waals surface area contributed by atoms with Crippen LogP contribution < -0.4 is 11.5 Å². The average molecular weight is 276 g/mol. The first-order chi connectivity index (χ1) is 7.51. The number of carbonyl (C=O) groups is 4. The Labute approximate surface area is 123 Å². The van der Waals surface area contributed by atoms with Crippen LogP contribution in [0.3, 0.4) is 0 Å². The van der Waals surface area contributed by atoms with Gasteiger partial charge in [-0.1, -0.05) is 0 Å². The van der Waals surface area contributed by atoms with Crippen molar-refractivity contribution in [1.29, 1.82) is 0 Å². The van der Waals surface area contributed by atoms with Gasteiger partial charge in [-0.2, -0.15) is 0 Å². The molecule has 0 aromatic rings. The molecular formula is C7H13N2NaO8. The molecule has 0 aromatic heterocycles. The molecule has 0 aliphatic rings. The van der Waals surface area contributed by atoms with Crippen LogP contribution in [-0.2, 0) is 14.4 Å². The molecule has 11 heteroatoms. The van der Waals surface area contributed by atoms with E-state index >= 15 is 0 Å². The summed E-state index contributed by atoms with van der Waals surface area (Å²) in [7, 11) is 0. The summed E-state index contributed by atoms with van der Waals surface area (Å²) < 4.78 is 0. The van der Waals surface area contributed by atoms with Crippen molar-refractivity contribution in [2.75, 3.05) is 0 Å². The summed E-state index contributed by atoms with van der Waals surface area (Å²) in [5.41, 5.74) is 5.76. The maximum atomic E-state index is 10.3. The number of rotatable bonds is 5. The standard InChI is InChI=1S/C6H8O7.CH4N2O.Na.H/c7-3(8)1-6(13,5(11)12)2-4(9)10;2-1(3)4;;/h13H,1-2H2,(H,7,8)(H,9,10)(H,11,12);(H4,2,3,4);;. The van der Waals surface area contributed by atoms with Gasteiger partial charge in [-0.15, -0.1) is 0 Å². The first-order valence-corrected chi connectivity index (χ1v) is 3.95. The van der Waals surface area contributed by atoms with Gasteiger partial charge in [-0.05, 0) is 0 Å². The van der Waals surface area contributed by atoms with Gasteiger partial charge >= 0.3 is 53.5 Å². The molecule has 0 aliphatic carbocycles. The summed E-state index contributed by atoms with van der Waals surface area (Å²) in [5, 5.41) is 33.8. The van der Waals surface area contributed by atoms with Crippen molar-refractivity contribution in [3.8, 4) is 0 Å². The first-order valence-electron chi connectivity index (χ1n) is 3.95. The Morgan fingerprint density at radius 2 is 1.11 bits per heavy atom. The fourth-order valence-corrected chi connectivity index (χ4v) is 0.714. The quantitative estimate of drug-likeness (QED) is 0.287. The van der Waals surface area contributed by atoms with Crippen molar-refractivity contribution in [2.45, 2.75) is 18.4 Å². The van der Waals surface area contributed by atoms with Crippen LogP contribution in [0.5, 0.6) is 0 Å². The Morgan fingerprint density at radius 1 is 0.889 bits per heavy atom. The molecule has 0 aliphatic heterocycles. The Kier molecular flexibility index (Phi) is 11.7. The van der Waals surface area contributed by atoms with Crippen molar-refractivity contribution in [1.82, 2.24) is 0 Å². The van der Waals surface area contributed by atoms with Crippen LogP contribution in [0.1, 0.15) is 12.8 Å². The summed E-state index contributed by atoms with van der Waals surface area (Å²) in [4.78, 5) is 39.5. The molecule has 0 saturated heterocycles. The summed E-state index contributed by atoms with van der Waals surface area (Å²) in [6.07, 6.45) is -2.29. The Balaban J connectivity index is -0.000000392. The molecule has 0 rings (SSSR count). The van der Waals surface area contributed by atoms with Crippen LogP contribution >= 0.6 is 0 Å². The fraction of sp³-hybridized carbons (Fsp3) is 0.429. The third kappa shape index (κ3) is 12.7. The van der Waals surface area contributed by atoms with Gasteiger partial charge in [0.1, 0.15) is 0 Å². The average Bonchev–Trinajstić information content (AvgIpc) is 1.98. The Hall–Kier alpha value is -1.36. The molecule has 18 heavy (non-hydrogen) atoms. The topological polar surface area (TPSA) is 201 Å². The predicted molar refractivity (Wildman–Crippen MR) is 58.0 cm³/mol. The van der Waals surface area contributed by atoms with Crippen molar-refractivity contribution in [3.63, 3.8) is 0 Å².